The van der Waals surface area contributed by atoms with Gasteiger partial charge in [0.2, 0.25) is 0 Å². The van der Waals surface area contributed by atoms with Crippen LogP contribution in [0.3, 0.4) is 0 Å². The number of benzene rings is 2. The molecule has 1 atom stereocenters. The van der Waals surface area contributed by atoms with E-state index in [9.17, 15) is 0 Å². The number of rotatable bonds is 6. The minimum absolute atomic E-state index is 0.397. The summed E-state index contributed by atoms with van der Waals surface area (Å²) in [6, 6.07) is 17.1. The number of methoxy groups -OCH3 is 1. The van der Waals surface area contributed by atoms with Crippen LogP contribution >= 0.6 is 0 Å². The molecular formula is C20H24N6O. The van der Waals surface area contributed by atoms with Crippen molar-refractivity contribution in [2.75, 3.05) is 13.7 Å². The molecule has 3 aromatic rings. The average Bonchev–Trinajstić information content (AvgIpc) is 3.28. The number of piperidine rings is 1. The molecule has 7 heteroatoms. The quantitative estimate of drug-likeness (QED) is 0.725. The van der Waals surface area contributed by atoms with E-state index in [0.717, 1.165) is 23.5 Å². The predicted octanol–water partition coefficient (Wildman–Crippen LogP) is 2.90. The summed E-state index contributed by atoms with van der Waals surface area (Å²) in [7, 11) is 1.70. The van der Waals surface area contributed by atoms with Crippen LogP contribution in [-0.2, 0) is 6.54 Å². The summed E-state index contributed by atoms with van der Waals surface area (Å²) in [4.78, 5) is 0. The van der Waals surface area contributed by atoms with Gasteiger partial charge in [0.25, 0.3) is 0 Å². The van der Waals surface area contributed by atoms with Gasteiger partial charge in [-0.15, -0.1) is 5.10 Å². The minimum Gasteiger partial charge on any atom is -0.496 e. The van der Waals surface area contributed by atoms with Crippen LogP contribution < -0.4 is 10.2 Å². The summed E-state index contributed by atoms with van der Waals surface area (Å²) in [5, 5.41) is 13.8. The van der Waals surface area contributed by atoms with Gasteiger partial charge in [0, 0.05) is 24.7 Å². The third kappa shape index (κ3) is 3.99. The second kappa shape index (κ2) is 8.28. The zero-order valence-electron chi connectivity index (χ0n) is 15.5. The fraction of sp³-hybridized carbons (Fsp3) is 0.350. The molecule has 0 aliphatic carbocycles. The highest BCUT2D eigenvalue weighted by Crippen LogP contribution is 2.30. The molecule has 0 bridgehead atoms. The summed E-state index contributed by atoms with van der Waals surface area (Å²) in [6.07, 6.45) is 5.22. The Morgan fingerprint density at radius 2 is 2.04 bits per heavy atom. The smallest absolute Gasteiger partial charge is 0.143 e. The summed E-state index contributed by atoms with van der Waals surface area (Å²) in [5.41, 5.74) is 6.97. The van der Waals surface area contributed by atoms with Gasteiger partial charge in [-0.1, -0.05) is 36.8 Å². The molecule has 1 N–H and O–H groups in total. The molecule has 27 heavy (non-hydrogen) atoms. The van der Waals surface area contributed by atoms with Crippen molar-refractivity contribution in [2.24, 2.45) is 0 Å². The molecule has 0 amide bonds. The normalized spacial score (nSPS) is 17.7. The van der Waals surface area contributed by atoms with Gasteiger partial charge in [-0.2, -0.15) is 0 Å². The Bertz CT molecular complexity index is 852. The predicted molar refractivity (Wildman–Crippen MR) is 102 cm³/mol. The molecular weight excluding hydrogens is 340 g/mol. The third-order valence-electron chi connectivity index (χ3n) is 5.04. The van der Waals surface area contributed by atoms with Crippen LogP contribution in [0.5, 0.6) is 5.75 Å². The zero-order chi connectivity index (χ0) is 18.5. The van der Waals surface area contributed by atoms with Crippen molar-refractivity contribution >= 4 is 0 Å². The van der Waals surface area contributed by atoms with Crippen molar-refractivity contribution in [3.05, 3.63) is 66.0 Å². The first-order chi connectivity index (χ1) is 13.3. The lowest BCUT2D eigenvalue weighted by Gasteiger charge is -2.36. The number of aromatic nitrogens is 4. The van der Waals surface area contributed by atoms with E-state index in [-0.39, 0.29) is 0 Å². The topological polar surface area (TPSA) is 68.1 Å². The lowest BCUT2D eigenvalue weighted by atomic mass is 9.97. The van der Waals surface area contributed by atoms with Gasteiger partial charge in [-0.05, 0) is 47.0 Å². The molecule has 0 unspecified atom stereocenters. The number of hydrazine groups is 1. The Morgan fingerprint density at radius 1 is 1.15 bits per heavy atom. The monoisotopic (exact) mass is 364 g/mol. The number of nitrogens with one attached hydrogen (secondary N) is 1. The minimum atomic E-state index is 0.397. The van der Waals surface area contributed by atoms with Crippen LogP contribution in [-0.4, -0.2) is 38.9 Å². The van der Waals surface area contributed by atoms with Gasteiger partial charge >= 0.3 is 0 Å². The Labute approximate surface area is 158 Å². The van der Waals surface area contributed by atoms with Crippen molar-refractivity contribution in [1.82, 2.24) is 30.6 Å². The maximum atomic E-state index is 5.55. The van der Waals surface area contributed by atoms with Crippen molar-refractivity contribution in [3.63, 3.8) is 0 Å². The van der Waals surface area contributed by atoms with Gasteiger partial charge in [0.15, 0.2) is 0 Å². The Balaban J connectivity index is 1.52. The van der Waals surface area contributed by atoms with Crippen molar-refractivity contribution < 1.29 is 4.74 Å². The van der Waals surface area contributed by atoms with Gasteiger partial charge in [-0.25, -0.2) is 9.69 Å². The SMILES string of the molecule is COc1ccc(-n2cnnn2)cc1CNN1CCCC[C@H]1c1ccccc1. The molecule has 4 rings (SSSR count). The summed E-state index contributed by atoms with van der Waals surface area (Å²) < 4.78 is 7.20. The number of ether oxygens (including phenoxy) is 1. The lowest BCUT2D eigenvalue weighted by molar-refractivity contribution is 0.0822. The molecule has 7 nitrogen and oxygen atoms in total. The molecule has 1 saturated heterocycles. The first kappa shape index (κ1) is 17.6. The molecule has 1 aromatic heterocycles. The maximum absolute atomic E-state index is 5.55. The number of nitrogens with zero attached hydrogens (tertiary/aromatic N) is 5. The summed E-state index contributed by atoms with van der Waals surface area (Å²) >= 11 is 0. The van der Waals surface area contributed by atoms with E-state index in [0.29, 0.717) is 12.6 Å². The van der Waals surface area contributed by atoms with E-state index in [4.69, 9.17) is 4.74 Å². The number of hydrogen-bond acceptors (Lipinski definition) is 6. The molecule has 2 aromatic carbocycles. The number of hydrogen-bond donors (Lipinski definition) is 1. The molecule has 0 radical (unpaired) electrons. The summed E-state index contributed by atoms with van der Waals surface area (Å²) in [6.45, 7) is 1.72. The van der Waals surface area contributed by atoms with Gasteiger partial charge in [-0.3, -0.25) is 5.43 Å². The van der Waals surface area contributed by atoms with Crippen LogP contribution in [0.4, 0.5) is 0 Å². The molecule has 1 aliphatic heterocycles. The Hall–Kier alpha value is -2.77. The first-order valence-corrected chi connectivity index (χ1v) is 9.30. The van der Waals surface area contributed by atoms with Crippen LogP contribution in [0.1, 0.15) is 36.4 Å². The highest BCUT2D eigenvalue weighted by Gasteiger charge is 2.23. The van der Waals surface area contributed by atoms with Crippen LogP contribution in [0.25, 0.3) is 5.69 Å². The zero-order valence-corrected chi connectivity index (χ0v) is 15.5. The third-order valence-corrected chi connectivity index (χ3v) is 5.04. The van der Waals surface area contributed by atoms with Crippen LogP contribution in [0.2, 0.25) is 0 Å². The van der Waals surface area contributed by atoms with Crippen molar-refractivity contribution in [2.45, 2.75) is 31.8 Å². The molecule has 1 aliphatic rings. The lowest BCUT2D eigenvalue weighted by Crippen LogP contribution is -2.43. The van der Waals surface area contributed by atoms with E-state index in [1.54, 1.807) is 18.1 Å². The van der Waals surface area contributed by atoms with Gasteiger partial charge in [0.1, 0.15) is 12.1 Å². The highest BCUT2D eigenvalue weighted by molar-refractivity contribution is 5.43. The second-order valence-corrected chi connectivity index (χ2v) is 6.70. The molecule has 2 heterocycles. The average molecular weight is 364 g/mol. The van der Waals surface area contributed by atoms with E-state index in [1.807, 2.05) is 12.1 Å². The van der Waals surface area contributed by atoms with E-state index >= 15 is 0 Å². The first-order valence-electron chi connectivity index (χ1n) is 9.30. The maximum Gasteiger partial charge on any atom is 0.143 e. The fourth-order valence-corrected chi connectivity index (χ4v) is 3.65. The van der Waals surface area contributed by atoms with E-state index < -0.39 is 0 Å². The van der Waals surface area contributed by atoms with Crippen LogP contribution in [0.15, 0.2) is 54.9 Å². The van der Waals surface area contributed by atoms with E-state index in [1.165, 1.54) is 24.8 Å². The van der Waals surface area contributed by atoms with Gasteiger partial charge in [0.05, 0.1) is 12.8 Å². The number of tetrazole rings is 1. The largest absolute Gasteiger partial charge is 0.496 e. The van der Waals surface area contributed by atoms with Crippen molar-refractivity contribution in [3.8, 4) is 11.4 Å². The standard InChI is InChI=1S/C20H24N6O/c1-27-20-11-10-18(26-15-21-23-24-26)13-17(20)14-22-25-12-6-5-9-19(25)16-7-3-2-4-8-16/h2-4,7-8,10-11,13,15,19,22H,5-6,9,12,14H2,1H3/t19-/m0/s1. The van der Waals surface area contributed by atoms with Crippen molar-refractivity contribution in [1.29, 1.82) is 0 Å². The van der Waals surface area contributed by atoms with Gasteiger partial charge < -0.3 is 4.74 Å². The molecule has 0 spiro atoms. The molecule has 1 fully saturated rings. The molecule has 140 valence electrons. The molecule has 0 saturated carbocycles. The fourth-order valence-electron chi connectivity index (χ4n) is 3.65. The summed E-state index contributed by atoms with van der Waals surface area (Å²) in [5.74, 6) is 0.854. The Kier molecular flexibility index (Phi) is 5.41. The second-order valence-electron chi connectivity index (χ2n) is 6.70. The van der Waals surface area contributed by atoms with E-state index in [2.05, 4.69) is 62.4 Å². The highest BCUT2D eigenvalue weighted by atomic mass is 16.5. The Morgan fingerprint density at radius 3 is 2.81 bits per heavy atom. The van der Waals surface area contributed by atoms with Crippen LogP contribution in [0, 0.1) is 0 Å².